The van der Waals surface area contributed by atoms with Crippen LogP contribution in [0.5, 0.6) is 5.75 Å². The van der Waals surface area contributed by atoms with Crippen molar-refractivity contribution in [3.8, 4) is 5.75 Å². The van der Waals surface area contributed by atoms with E-state index in [0.717, 1.165) is 50.1 Å². The van der Waals surface area contributed by atoms with Gasteiger partial charge in [0, 0.05) is 25.7 Å². The Kier molecular flexibility index (Phi) is 4.60. The highest BCUT2D eigenvalue weighted by atomic mass is 16.5. The number of nitrogens with zero attached hydrogens (tertiary/aromatic N) is 1. The van der Waals surface area contributed by atoms with Crippen LogP contribution >= 0.6 is 0 Å². The van der Waals surface area contributed by atoms with Crippen LogP contribution in [-0.2, 0) is 9.53 Å². The first-order valence-electron chi connectivity index (χ1n) is 8.32. The van der Waals surface area contributed by atoms with E-state index in [-0.39, 0.29) is 11.4 Å². The summed E-state index contributed by atoms with van der Waals surface area (Å²) in [6, 6.07) is 7.51. The Bertz CT molecular complexity index is 563. The van der Waals surface area contributed by atoms with Crippen LogP contribution < -0.4 is 10.5 Å². The largest absolute Gasteiger partial charge is 0.497 e. The van der Waals surface area contributed by atoms with E-state index < -0.39 is 6.10 Å². The van der Waals surface area contributed by atoms with Crippen LogP contribution in [0.4, 0.5) is 0 Å². The van der Waals surface area contributed by atoms with E-state index in [2.05, 4.69) is 0 Å². The molecule has 0 aromatic heterocycles. The predicted octanol–water partition coefficient (Wildman–Crippen LogP) is 2.11. The average Bonchev–Trinajstić information content (AvgIpc) is 3.35. The molecule has 0 radical (unpaired) electrons. The second-order valence-electron chi connectivity index (χ2n) is 6.73. The van der Waals surface area contributed by atoms with Crippen LogP contribution in [0.2, 0.25) is 0 Å². The maximum absolute atomic E-state index is 12.8. The van der Waals surface area contributed by atoms with Crippen LogP contribution in [0.25, 0.3) is 0 Å². The molecule has 5 nitrogen and oxygen atoms in total. The molecule has 0 bridgehead atoms. The zero-order chi connectivity index (χ0) is 16.4. The number of hydrogen-bond acceptors (Lipinski definition) is 4. The molecule has 1 aliphatic heterocycles. The van der Waals surface area contributed by atoms with E-state index in [4.69, 9.17) is 15.2 Å². The molecule has 0 unspecified atom stereocenters. The fourth-order valence-corrected chi connectivity index (χ4v) is 3.58. The lowest BCUT2D eigenvalue weighted by atomic mass is 9.87. The molecule has 2 fully saturated rings. The smallest absolute Gasteiger partial charge is 0.256 e. The van der Waals surface area contributed by atoms with Gasteiger partial charge in [-0.3, -0.25) is 4.79 Å². The number of likely N-dealkylation sites (tertiary alicyclic amines) is 1. The lowest BCUT2D eigenvalue weighted by molar-refractivity contribution is -0.144. The molecule has 0 spiro atoms. The van der Waals surface area contributed by atoms with Gasteiger partial charge in [0.25, 0.3) is 5.91 Å². The zero-order valence-corrected chi connectivity index (χ0v) is 14.0. The fourth-order valence-electron chi connectivity index (χ4n) is 3.58. The van der Waals surface area contributed by atoms with Crippen LogP contribution in [0.3, 0.4) is 0 Å². The number of piperidine rings is 1. The third kappa shape index (κ3) is 3.35. The quantitative estimate of drug-likeness (QED) is 0.903. The van der Waals surface area contributed by atoms with Gasteiger partial charge < -0.3 is 20.1 Å². The molecule has 3 rings (SSSR count). The molecule has 126 valence electrons. The molecule has 1 aliphatic carbocycles. The minimum atomic E-state index is -0.575. The third-order valence-electron chi connectivity index (χ3n) is 5.30. The van der Waals surface area contributed by atoms with Gasteiger partial charge in [-0.05, 0) is 49.3 Å². The third-order valence-corrected chi connectivity index (χ3v) is 5.30. The Hall–Kier alpha value is -1.59. The Balaban J connectivity index is 1.66. The van der Waals surface area contributed by atoms with E-state index >= 15 is 0 Å². The number of carbonyl (C=O) groups excluding carboxylic acids is 1. The van der Waals surface area contributed by atoms with E-state index in [1.165, 1.54) is 0 Å². The highest BCUT2D eigenvalue weighted by Crippen LogP contribution is 2.44. The number of rotatable bonds is 5. The van der Waals surface area contributed by atoms with E-state index in [9.17, 15) is 4.79 Å². The molecule has 1 atom stereocenters. The van der Waals surface area contributed by atoms with Gasteiger partial charge in [0.05, 0.1) is 7.11 Å². The average molecular weight is 318 g/mol. The molecule has 1 heterocycles. The van der Waals surface area contributed by atoms with Gasteiger partial charge in [0.15, 0.2) is 6.10 Å². The Morgan fingerprint density at radius 1 is 1.30 bits per heavy atom. The predicted molar refractivity (Wildman–Crippen MR) is 88.2 cm³/mol. The fraction of sp³-hybridized carbons (Fsp3) is 0.611. The van der Waals surface area contributed by atoms with Crippen molar-refractivity contribution in [2.24, 2.45) is 11.7 Å². The highest BCUT2D eigenvalue weighted by Gasteiger charge is 2.46. The summed E-state index contributed by atoms with van der Waals surface area (Å²) in [6.07, 6.45) is 3.69. The molecule has 1 aromatic carbocycles. The van der Waals surface area contributed by atoms with Crippen molar-refractivity contribution in [2.45, 2.75) is 37.3 Å². The summed E-state index contributed by atoms with van der Waals surface area (Å²) in [5.41, 5.74) is 7.20. The van der Waals surface area contributed by atoms with Crippen molar-refractivity contribution in [1.29, 1.82) is 0 Å². The number of nitrogens with two attached hydrogens (primary N) is 1. The van der Waals surface area contributed by atoms with Crippen molar-refractivity contribution in [3.05, 3.63) is 29.8 Å². The number of ether oxygens (including phenoxy) is 2. The summed E-state index contributed by atoms with van der Waals surface area (Å²) in [4.78, 5) is 14.7. The summed E-state index contributed by atoms with van der Waals surface area (Å²) >= 11 is 0. The normalized spacial score (nSPS) is 21.8. The number of carbonyl (C=O) groups is 1. The van der Waals surface area contributed by atoms with Crippen molar-refractivity contribution >= 4 is 5.91 Å². The maximum Gasteiger partial charge on any atom is 0.256 e. The lowest BCUT2D eigenvalue weighted by Gasteiger charge is -2.36. The second-order valence-corrected chi connectivity index (χ2v) is 6.73. The van der Waals surface area contributed by atoms with E-state index in [1.807, 2.05) is 29.2 Å². The van der Waals surface area contributed by atoms with Crippen molar-refractivity contribution in [2.75, 3.05) is 27.3 Å². The Morgan fingerprint density at radius 2 is 2.00 bits per heavy atom. The van der Waals surface area contributed by atoms with E-state index in [0.29, 0.717) is 5.92 Å². The lowest BCUT2D eigenvalue weighted by Crippen LogP contribution is -2.46. The molecule has 2 aliphatic rings. The molecule has 1 amide bonds. The number of methoxy groups -OCH3 is 2. The van der Waals surface area contributed by atoms with Crippen LogP contribution in [-0.4, -0.2) is 43.7 Å². The monoisotopic (exact) mass is 318 g/mol. The van der Waals surface area contributed by atoms with Gasteiger partial charge in [-0.15, -0.1) is 0 Å². The minimum Gasteiger partial charge on any atom is -0.497 e. The SMILES string of the molecule is COc1cccc([C@@H](OC)C(=O)N2CCC(C3(N)CC3)CC2)c1. The molecular weight excluding hydrogens is 292 g/mol. The zero-order valence-electron chi connectivity index (χ0n) is 14.0. The molecule has 23 heavy (non-hydrogen) atoms. The summed E-state index contributed by atoms with van der Waals surface area (Å²) in [5, 5.41) is 0. The molecule has 2 N–H and O–H groups in total. The van der Waals surface area contributed by atoms with Crippen molar-refractivity contribution < 1.29 is 14.3 Å². The van der Waals surface area contributed by atoms with Gasteiger partial charge in [0.2, 0.25) is 0 Å². The van der Waals surface area contributed by atoms with Crippen LogP contribution in [0.1, 0.15) is 37.4 Å². The van der Waals surface area contributed by atoms with Gasteiger partial charge in [-0.25, -0.2) is 0 Å². The van der Waals surface area contributed by atoms with Crippen molar-refractivity contribution in [1.82, 2.24) is 4.90 Å². The molecule has 1 saturated heterocycles. The van der Waals surface area contributed by atoms with Crippen LogP contribution in [0.15, 0.2) is 24.3 Å². The molecule has 1 aromatic rings. The first kappa shape index (κ1) is 16.3. The number of benzene rings is 1. The highest BCUT2D eigenvalue weighted by molar-refractivity contribution is 5.82. The molecule has 5 heteroatoms. The minimum absolute atomic E-state index is 0.0288. The maximum atomic E-state index is 12.8. The number of hydrogen-bond donors (Lipinski definition) is 1. The van der Waals surface area contributed by atoms with Gasteiger partial charge in [-0.2, -0.15) is 0 Å². The van der Waals surface area contributed by atoms with Gasteiger partial charge in [0.1, 0.15) is 5.75 Å². The first-order chi connectivity index (χ1) is 11.1. The van der Waals surface area contributed by atoms with Gasteiger partial charge in [-0.1, -0.05) is 12.1 Å². The second kappa shape index (κ2) is 6.49. The van der Waals surface area contributed by atoms with Crippen LogP contribution in [0, 0.1) is 5.92 Å². The summed E-state index contributed by atoms with van der Waals surface area (Å²) < 4.78 is 10.7. The molecule has 1 saturated carbocycles. The summed E-state index contributed by atoms with van der Waals surface area (Å²) in [6.45, 7) is 1.54. The van der Waals surface area contributed by atoms with E-state index in [1.54, 1.807) is 14.2 Å². The van der Waals surface area contributed by atoms with Gasteiger partial charge >= 0.3 is 0 Å². The van der Waals surface area contributed by atoms with Crippen molar-refractivity contribution in [3.63, 3.8) is 0 Å². The summed E-state index contributed by atoms with van der Waals surface area (Å²) in [7, 11) is 3.20. The standard InChI is InChI=1S/C18H26N2O3/c1-22-15-5-3-4-13(12-15)16(23-2)17(21)20-10-6-14(7-11-20)18(19)8-9-18/h3-5,12,14,16H,6-11,19H2,1-2H3/t16-/m1/s1. The summed E-state index contributed by atoms with van der Waals surface area (Å²) in [5.74, 6) is 1.32. The Morgan fingerprint density at radius 3 is 2.57 bits per heavy atom. The number of amides is 1. The Labute approximate surface area is 137 Å². The topological polar surface area (TPSA) is 64.8 Å². The molecular formula is C18H26N2O3. The first-order valence-corrected chi connectivity index (χ1v) is 8.32.